The Kier molecular flexibility index (Phi) is 4.79. The maximum atomic E-state index is 4.68. The van der Waals surface area contributed by atoms with Crippen molar-refractivity contribution in [2.24, 2.45) is 0 Å². The molecular weight excluding hydrogens is 224 g/mol. The van der Waals surface area contributed by atoms with Gasteiger partial charge in [-0.25, -0.2) is 4.98 Å². The molecule has 1 aliphatic heterocycles. The summed E-state index contributed by atoms with van der Waals surface area (Å²) in [5, 5.41) is 3.30. The molecule has 1 aromatic rings. The Hall–Kier alpha value is -1.32. The van der Waals surface area contributed by atoms with Crippen molar-refractivity contribution in [3.63, 3.8) is 0 Å². The third kappa shape index (κ3) is 3.34. The lowest BCUT2D eigenvalue weighted by atomic mass is 10.1. The van der Waals surface area contributed by atoms with E-state index in [1.807, 2.05) is 12.4 Å². The van der Waals surface area contributed by atoms with Crippen LogP contribution in [0, 0.1) is 0 Å². The SMILES string of the molecule is CCCNc1cncc(N2CCCCCC2C)n1. The Labute approximate surface area is 110 Å². The molecule has 0 amide bonds. The maximum absolute atomic E-state index is 4.68. The first kappa shape index (κ1) is 13.1. The van der Waals surface area contributed by atoms with Crippen LogP contribution in [0.15, 0.2) is 12.4 Å². The number of hydrogen-bond donors (Lipinski definition) is 1. The number of aromatic nitrogens is 2. The van der Waals surface area contributed by atoms with Crippen LogP contribution in [0.4, 0.5) is 11.6 Å². The largest absolute Gasteiger partial charge is 0.369 e. The summed E-state index contributed by atoms with van der Waals surface area (Å²) in [4.78, 5) is 11.4. The van der Waals surface area contributed by atoms with Crippen LogP contribution in [0.1, 0.15) is 46.0 Å². The van der Waals surface area contributed by atoms with Crippen LogP contribution >= 0.6 is 0 Å². The molecule has 2 rings (SSSR count). The predicted molar refractivity (Wildman–Crippen MR) is 76.1 cm³/mol. The second-order valence-electron chi connectivity index (χ2n) is 5.08. The highest BCUT2D eigenvalue weighted by atomic mass is 15.2. The lowest BCUT2D eigenvalue weighted by molar-refractivity contribution is 0.610. The molecule has 0 radical (unpaired) electrons. The maximum Gasteiger partial charge on any atom is 0.149 e. The molecule has 4 heteroatoms. The summed E-state index contributed by atoms with van der Waals surface area (Å²) in [6, 6.07) is 0.572. The lowest BCUT2D eigenvalue weighted by Gasteiger charge is -2.28. The predicted octanol–water partition coefficient (Wildman–Crippen LogP) is 3.07. The number of nitrogens with zero attached hydrogens (tertiary/aromatic N) is 3. The Morgan fingerprint density at radius 1 is 1.33 bits per heavy atom. The third-order valence-electron chi connectivity index (χ3n) is 3.53. The van der Waals surface area contributed by atoms with Crippen molar-refractivity contribution in [1.29, 1.82) is 0 Å². The Morgan fingerprint density at radius 3 is 3.06 bits per heavy atom. The molecule has 18 heavy (non-hydrogen) atoms. The molecular formula is C14H24N4. The van der Waals surface area contributed by atoms with Crippen molar-refractivity contribution < 1.29 is 0 Å². The van der Waals surface area contributed by atoms with E-state index in [1.165, 1.54) is 25.7 Å². The summed E-state index contributed by atoms with van der Waals surface area (Å²) in [5.41, 5.74) is 0. The van der Waals surface area contributed by atoms with E-state index in [9.17, 15) is 0 Å². The van der Waals surface area contributed by atoms with Gasteiger partial charge in [-0.3, -0.25) is 4.98 Å². The summed E-state index contributed by atoms with van der Waals surface area (Å²) in [6.07, 6.45) is 9.99. The van der Waals surface area contributed by atoms with Crippen molar-refractivity contribution in [2.45, 2.75) is 52.0 Å². The molecule has 1 saturated heterocycles. The summed E-state index contributed by atoms with van der Waals surface area (Å²) in [7, 11) is 0. The molecule has 2 heterocycles. The van der Waals surface area contributed by atoms with Crippen molar-refractivity contribution in [3.8, 4) is 0 Å². The third-order valence-corrected chi connectivity index (χ3v) is 3.53. The quantitative estimate of drug-likeness (QED) is 0.889. The minimum absolute atomic E-state index is 0.572. The van der Waals surface area contributed by atoms with Crippen molar-refractivity contribution >= 4 is 11.6 Å². The fraction of sp³-hybridized carbons (Fsp3) is 0.714. The fourth-order valence-corrected chi connectivity index (χ4v) is 2.45. The number of nitrogens with one attached hydrogen (secondary N) is 1. The van der Waals surface area contributed by atoms with Crippen molar-refractivity contribution in [2.75, 3.05) is 23.3 Å². The minimum atomic E-state index is 0.572. The van der Waals surface area contributed by atoms with Crippen LogP contribution < -0.4 is 10.2 Å². The van der Waals surface area contributed by atoms with Crippen LogP contribution in [0.3, 0.4) is 0 Å². The average Bonchev–Trinajstić information content (AvgIpc) is 2.61. The van der Waals surface area contributed by atoms with Crippen LogP contribution in [0.2, 0.25) is 0 Å². The van der Waals surface area contributed by atoms with Gasteiger partial charge in [-0.2, -0.15) is 0 Å². The second-order valence-corrected chi connectivity index (χ2v) is 5.08. The van der Waals surface area contributed by atoms with Gasteiger partial charge in [0.2, 0.25) is 0 Å². The van der Waals surface area contributed by atoms with E-state index in [0.29, 0.717) is 6.04 Å². The summed E-state index contributed by atoms with van der Waals surface area (Å²) < 4.78 is 0. The molecule has 0 aromatic carbocycles. The highest BCUT2D eigenvalue weighted by molar-refractivity contribution is 5.44. The van der Waals surface area contributed by atoms with Crippen molar-refractivity contribution in [1.82, 2.24) is 9.97 Å². The summed E-state index contributed by atoms with van der Waals surface area (Å²) >= 11 is 0. The molecule has 1 aliphatic rings. The Bertz CT molecular complexity index is 367. The first-order chi connectivity index (χ1) is 8.81. The van der Waals surface area contributed by atoms with E-state index < -0.39 is 0 Å². The standard InChI is InChI=1S/C14H24N4/c1-3-8-16-13-10-15-11-14(17-13)18-9-6-4-5-7-12(18)2/h10-12H,3-9H2,1-2H3,(H,16,17). The summed E-state index contributed by atoms with van der Waals surface area (Å²) in [6.45, 7) is 6.50. The molecule has 0 bridgehead atoms. The van der Waals surface area contributed by atoms with Gasteiger partial charge >= 0.3 is 0 Å². The first-order valence-electron chi connectivity index (χ1n) is 7.14. The average molecular weight is 248 g/mol. The molecule has 1 unspecified atom stereocenters. The van der Waals surface area contributed by atoms with Crippen LogP contribution in [-0.4, -0.2) is 29.1 Å². The molecule has 0 aliphatic carbocycles. The van der Waals surface area contributed by atoms with Crippen LogP contribution in [0.5, 0.6) is 0 Å². The van der Waals surface area contributed by atoms with Gasteiger partial charge < -0.3 is 10.2 Å². The topological polar surface area (TPSA) is 41.1 Å². The Morgan fingerprint density at radius 2 is 2.22 bits per heavy atom. The lowest BCUT2D eigenvalue weighted by Crippen LogP contribution is -2.33. The van der Waals surface area contributed by atoms with Gasteiger partial charge in [-0.15, -0.1) is 0 Å². The van der Waals surface area contributed by atoms with E-state index in [4.69, 9.17) is 0 Å². The highest BCUT2D eigenvalue weighted by Gasteiger charge is 2.18. The second kappa shape index (κ2) is 6.57. The fourth-order valence-electron chi connectivity index (χ4n) is 2.45. The molecule has 1 fully saturated rings. The van der Waals surface area contributed by atoms with E-state index >= 15 is 0 Å². The molecule has 1 aromatic heterocycles. The van der Waals surface area contributed by atoms with Gasteiger partial charge in [0.15, 0.2) is 0 Å². The highest BCUT2D eigenvalue weighted by Crippen LogP contribution is 2.22. The van der Waals surface area contributed by atoms with E-state index in [0.717, 1.165) is 31.1 Å². The van der Waals surface area contributed by atoms with Gasteiger partial charge in [0, 0.05) is 19.1 Å². The van der Waals surface area contributed by atoms with Gasteiger partial charge in [0.25, 0.3) is 0 Å². The molecule has 100 valence electrons. The van der Waals surface area contributed by atoms with E-state index in [-0.39, 0.29) is 0 Å². The normalized spacial score (nSPS) is 20.6. The van der Waals surface area contributed by atoms with Crippen LogP contribution in [-0.2, 0) is 0 Å². The zero-order valence-corrected chi connectivity index (χ0v) is 11.5. The smallest absolute Gasteiger partial charge is 0.149 e. The first-order valence-corrected chi connectivity index (χ1v) is 7.14. The van der Waals surface area contributed by atoms with Gasteiger partial charge in [-0.05, 0) is 26.2 Å². The van der Waals surface area contributed by atoms with E-state index in [1.54, 1.807) is 0 Å². The molecule has 0 saturated carbocycles. The monoisotopic (exact) mass is 248 g/mol. The number of anilines is 2. The number of hydrogen-bond acceptors (Lipinski definition) is 4. The molecule has 1 N–H and O–H groups in total. The van der Waals surface area contributed by atoms with Gasteiger partial charge in [-0.1, -0.05) is 19.8 Å². The van der Waals surface area contributed by atoms with Gasteiger partial charge in [0.1, 0.15) is 11.6 Å². The summed E-state index contributed by atoms with van der Waals surface area (Å²) in [5.74, 6) is 1.91. The van der Waals surface area contributed by atoms with Crippen LogP contribution in [0.25, 0.3) is 0 Å². The molecule has 4 nitrogen and oxygen atoms in total. The zero-order chi connectivity index (χ0) is 12.8. The molecule has 1 atom stereocenters. The Balaban J connectivity index is 2.10. The minimum Gasteiger partial charge on any atom is -0.369 e. The number of rotatable bonds is 4. The van der Waals surface area contributed by atoms with Crippen molar-refractivity contribution in [3.05, 3.63) is 12.4 Å². The molecule has 0 spiro atoms. The van der Waals surface area contributed by atoms with E-state index in [2.05, 4.69) is 34.0 Å². The van der Waals surface area contributed by atoms with Gasteiger partial charge in [0.05, 0.1) is 12.4 Å². The zero-order valence-electron chi connectivity index (χ0n) is 11.5.